The molecule has 1 aromatic heterocycles. The zero-order chi connectivity index (χ0) is 23.4. The summed E-state index contributed by atoms with van der Waals surface area (Å²) in [6.45, 7) is 4.92. The van der Waals surface area contributed by atoms with E-state index in [2.05, 4.69) is 15.5 Å². The van der Waals surface area contributed by atoms with Crippen LogP contribution in [-0.2, 0) is 9.59 Å². The number of hydrogen-bond donors (Lipinski definition) is 1. The number of ether oxygens (including phenoxy) is 1. The Kier molecular flexibility index (Phi) is 7.25. The van der Waals surface area contributed by atoms with Crippen LogP contribution in [0.25, 0.3) is 0 Å². The van der Waals surface area contributed by atoms with Crippen molar-refractivity contribution in [3.63, 3.8) is 0 Å². The normalized spacial score (nSPS) is 15.7. The molecular formula is C24H25ClN4O3S. The first kappa shape index (κ1) is 23.2. The van der Waals surface area contributed by atoms with Gasteiger partial charge in [0.1, 0.15) is 10.8 Å². The van der Waals surface area contributed by atoms with E-state index in [1.54, 1.807) is 6.07 Å². The fourth-order valence-corrected chi connectivity index (χ4v) is 4.87. The Morgan fingerprint density at radius 1 is 1.21 bits per heavy atom. The third-order valence-electron chi connectivity index (χ3n) is 5.51. The summed E-state index contributed by atoms with van der Waals surface area (Å²) in [4.78, 5) is 26.7. The van der Waals surface area contributed by atoms with Crippen molar-refractivity contribution in [1.29, 1.82) is 0 Å². The number of amides is 2. The Hall–Kier alpha value is -2.97. The summed E-state index contributed by atoms with van der Waals surface area (Å²) in [5.74, 6) is 0.667. The van der Waals surface area contributed by atoms with E-state index in [9.17, 15) is 9.59 Å². The molecule has 2 heterocycles. The molecule has 0 spiro atoms. The van der Waals surface area contributed by atoms with Gasteiger partial charge in [-0.3, -0.25) is 9.59 Å². The SMILES string of the molecule is Cc1cc(Cl)ccc1OCCCC(=O)Nc1nnc(C2CC(=O)N(c3ccccc3C)C2)s1. The number of carbonyl (C=O) groups is 2. The largest absolute Gasteiger partial charge is 0.493 e. The Morgan fingerprint density at radius 3 is 2.82 bits per heavy atom. The number of carbonyl (C=O) groups excluding carboxylic acids is 2. The fourth-order valence-electron chi connectivity index (χ4n) is 3.79. The van der Waals surface area contributed by atoms with Crippen LogP contribution in [0.1, 0.15) is 41.3 Å². The third kappa shape index (κ3) is 5.69. The van der Waals surface area contributed by atoms with Gasteiger partial charge in [0.25, 0.3) is 0 Å². The number of benzene rings is 2. The molecule has 7 nitrogen and oxygen atoms in total. The first-order chi connectivity index (χ1) is 15.9. The molecule has 1 unspecified atom stereocenters. The zero-order valence-electron chi connectivity index (χ0n) is 18.5. The molecule has 1 aliphatic heterocycles. The highest BCUT2D eigenvalue weighted by atomic mass is 35.5. The number of aryl methyl sites for hydroxylation is 2. The summed E-state index contributed by atoms with van der Waals surface area (Å²) in [6, 6.07) is 13.3. The Bertz CT molecular complexity index is 1170. The van der Waals surface area contributed by atoms with Gasteiger partial charge in [0.05, 0.1) is 6.61 Å². The Morgan fingerprint density at radius 2 is 2.03 bits per heavy atom. The van der Waals surface area contributed by atoms with Gasteiger partial charge in [-0.05, 0) is 55.7 Å². The van der Waals surface area contributed by atoms with E-state index in [-0.39, 0.29) is 17.7 Å². The van der Waals surface area contributed by atoms with Crippen molar-refractivity contribution >= 4 is 45.6 Å². The molecule has 9 heteroatoms. The molecular weight excluding hydrogens is 460 g/mol. The van der Waals surface area contributed by atoms with Crippen molar-refractivity contribution in [2.75, 3.05) is 23.4 Å². The van der Waals surface area contributed by atoms with Gasteiger partial charge >= 0.3 is 0 Å². The second kappa shape index (κ2) is 10.3. The van der Waals surface area contributed by atoms with Gasteiger partial charge in [0.2, 0.25) is 16.9 Å². The van der Waals surface area contributed by atoms with Crippen molar-refractivity contribution in [3.8, 4) is 5.75 Å². The van der Waals surface area contributed by atoms with Gasteiger partial charge in [-0.25, -0.2) is 0 Å². The van der Waals surface area contributed by atoms with Crippen LogP contribution in [0.4, 0.5) is 10.8 Å². The van der Waals surface area contributed by atoms with Crippen molar-refractivity contribution < 1.29 is 14.3 Å². The summed E-state index contributed by atoms with van der Waals surface area (Å²) >= 11 is 7.28. The first-order valence-corrected chi connectivity index (χ1v) is 12.0. The van der Waals surface area contributed by atoms with E-state index >= 15 is 0 Å². The lowest BCUT2D eigenvalue weighted by molar-refractivity contribution is -0.117. The van der Waals surface area contributed by atoms with Gasteiger partial charge in [-0.15, -0.1) is 10.2 Å². The second-order valence-electron chi connectivity index (χ2n) is 8.05. The number of nitrogens with one attached hydrogen (secondary N) is 1. The average molecular weight is 485 g/mol. The molecule has 1 saturated heterocycles. The molecule has 0 saturated carbocycles. The number of anilines is 2. The predicted octanol–water partition coefficient (Wildman–Crippen LogP) is 5.13. The lowest BCUT2D eigenvalue weighted by atomic mass is 10.1. The second-order valence-corrected chi connectivity index (χ2v) is 9.49. The molecule has 3 aromatic rings. The van der Waals surface area contributed by atoms with Gasteiger partial charge in [-0.1, -0.05) is 41.1 Å². The molecule has 172 valence electrons. The molecule has 0 radical (unpaired) electrons. The minimum absolute atomic E-state index is 0.0312. The van der Waals surface area contributed by atoms with Crippen LogP contribution < -0.4 is 15.0 Å². The number of nitrogens with zero attached hydrogens (tertiary/aromatic N) is 3. The van der Waals surface area contributed by atoms with Gasteiger partial charge in [0, 0.05) is 36.0 Å². The number of rotatable bonds is 8. The van der Waals surface area contributed by atoms with E-state index < -0.39 is 0 Å². The molecule has 33 heavy (non-hydrogen) atoms. The standard InChI is InChI=1S/C24H25ClN4O3S/c1-15-6-3-4-7-19(15)29-14-17(13-22(29)31)23-27-28-24(33-23)26-21(30)8-5-11-32-20-10-9-18(25)12-16(20)2/h3-4,6-7,9-10,12,17H,5,8,11,13-14H2,1-2H3,(H,26,28,30). The van der Waals surface area contributed by atoms with Crippen LogP contribution in [0.15, 0.2) is 42.5 Å². The van der Waals surface area contributed by atoms with E-state index in [1.807, 2.05) is 55.1 Å². The highest BCUT2D eigenvalue weighted by Gasteiger charge is 2.34. The van der Waals surface area contributed by atoms with Crippen molar-refractivity contribution in [2.45, 2.75) is 39.0 Å². The minimum atomic E-state index is -0.141. The van der Waals surface area contributed by atoms with Crippen LogP contribution in [0, 0.1) is 13.8 Å². The first-order valence-electron chi connectivity index (χ1n) is 10.8. The molecule has 1 fully saturated rings. The third-order valence-corrected chi connectivity index (χ3v) is 6.75. The molecule has 0 aliphatic carbocycles. The highest BCUT2D eigenvalue weighted by Crippen LogP contribution is 2.35. The molecule has 1 atom stereocenters. The number of aromatic nitrogens is 2. The summed E-state index contributed by atoms with van der Waals surface area (Å²) in [5, 5.41) is 13.0. The lowest BCUT2D eigenvalue weighted by Crippen LogP contribution is -2.25. The Labute approximate surface area is 201 Å². The van der Waals surface area contributed by atoms with Crippen LogP contribution in [0.2, 0.25) is 5.02 Å². The average Bonchev–Trinajstić information content (AvgIpc) is 3.39. The molecule has 2 aromatic carbocycles. The molecule has 2 amide bonds. The zero-order valence-corrected chi connectivity index (χ0v) is 20.1. The molecule has 1 N–H and O–H groups in total. The van der Waals surface area contributed by atoms with E-state index in [0.717, 1.165) is 27.6 Å². The predicted molar refractivity (Wildman–Crippen MR) is 130 cm³/mol. The number of para-hydroxylation sites is 1. The van der Waals surface area contributed by atoms with E-state index in [1.165, 1.54) is 11.3 Å². The van der Waals surface area contributed by atoms with Crippen LogP contribution in [0.5, 0.6) is 5.75 Å². The number of halogens is 1. The summed E-state index contributed by atoms with van der Waals surface area (Å²) in [7, 11) is 0. The smallest absolute Gasteiger partial charge is 0.227 e. The van der Waals surface area contributed by atoms with Crippen LogP contribution in [-0.4, -0.2) is 35.2 Å². The monoisotopic (exact) mass is 484 g/mol. The summed E-state index contributed by atoms with van der Waals surface area (Å²) in [5.41, 5.74) is 2.95. The van der Waals surface area contributed by atoms with Gasteiger partial charge < -0.3 is 15.0 Å². The fraction of sp³-hybridized carbons (Fsp3) is 0.333. The number of hydrogen-bond acceptors (Lipinski definition) is 6. The minimum Gasteiger partial charge on any atom is -0.493 e. The van der Waals surface area contributed by atoms with E-state index in [4.69, 9.17) is 16.3 Å². The molecule has 4 rings (SSSR count). The molecule has 0 bridgehead atoms. The lowest BCUT2D eigenvalue weighted by Gasteiger charge is -2.18. The maximum atomic E-state index is 12.6. The van der Waals surface area contributed by atoms with E-state index in [0.29, 0.717) is 42.6 Å². The maximum Gasteiger partial charge on any atom is 0.227 e. The van der Waals surface area contributed by atoms with Crippen molar-refractivity contribution in [2.24, 2.45) is 0 Å². The van der Waals surface area contributed by atoms with Crippen molar-refractivity contribution in [1.82, 2.24) is 10.2 Å². The van der Waals surface area contributed by atoms with Gasteiger partial charge in [-0.2, -0.15) is 0 Å². The topological polar surface area (TPSA) is 84.4 Å². The quantitative estimate of drug-likeness (QED) is 0.448. The Balaban J connectivity index is 1.26. The maximum absolute atomic E-state index is 12.6. The van der Waals surface area contributed by atoms with Crippen LogP contribution >= 0.6 is 22.9 Å². The highest BCUT2D eigenvalue weighted by molar-refractivity contribution is 7.15. The van der Waals surface area contributed by atoms with Crippen molar-refractivity contribution in [3.05, 3.63) is 63.6 Å². The van der Waals surface area contributed by atoms with Gasteiger partial charge in [0.15, 0.2) is 0 Å². The summed E-state index contributed by atoms with van der Waals surface area (Å²) in [6.07, 6.45) is 1.27. The molecule has 1 aliphatic rings. The summed E-state index contributed by atoms with van der Waals surface area (Å²) < 4.78 is 5.73. The van der Waals surface area contributed by atoms with Crippen LogP contribution in [0.3, 0.4) is 0 Å².